The molecule has 1 heterocycles. The molecule has 1 aliphatic heterocycles. The van der Waals surface area contributed by atoms with E-state index >= 15 is 0 Å². The van der Waals surface area contributed by atoms with Gasteiger partial charge in [0.05, 0.1) is 0 Å². The molecule has 0 aromatic heterocycles. The van der Waals surface area contributed by atoms with Gasteiger partial charge < -0.3 is 5.32 Å². The van der Waals surface area contributed by atoms with E-state index in [0.717, 1.165) is 51.5 Å². The van der Waals surface area contributed by atoms with Gasteiger partial charge in [-0.1, -0.05) is 30.3 Å². The first-order chi connectivity index (χ1) is 11.3. The Morgan fingerprint density at radius 3 is 2.17 bits per heavy atom. The predicted molar refractivity (Wildman–Crippen MR) is 93.0 cm³/mol. The van der Waals surface area contributed by atoms with Crippen LogP contribution in [-0.2, 0) is 6.54 Å². The van der Waals surface area contributed by atoms with Crippen LogP contribution >= 0.6 is 0 Å². The third-order valence-corrected chi connectivity index (χ3v) is 4.32. The lowest BCUT2D eigenvalue weighted by atomic mass is 10.2. The van der Waals surface area contributed by atoms with Crippen molar-refractivity contribution in [3.05, 3.63) is 66.0 Å². The minimum Gasteiger partial charge on any atom is -0.384 e. The summed E-state index contributed by atoms with van der Waals surface area (Å²) < 4.78 is 12.9. The Labute approximate surface area is 137 Å². The zero-order valence-electron chi connectivity index (χ0n) is 13.4. The quantitative estimate of drug-likeness (QED) is 0.884. The van der Waals surface area contributed by atoms with Crippen LogP contribution in [0.2, 0.25) is 0 Å². The predicted octanol–water partition coefficient (Wildman–Crippen LogP) is 3.06. The summed E-state index contributed by atoms with van der Waals surface area (Å²) in [4.78, 5) is 5.00. The SMILES string of the molecule is Fc1ccc(NCCN2CCN(Cc3ccccc3)CC2)cc1. The van der Waals surface area contributed by atoms with Crippen molar-refractivity contribution in [2.75, 3.05) is 44.6 Å². The second-order valence-electron chi connectivity index (χ2n) is 6.04. The highest BCUT2D eigenvalue weighted by atomic mass is 19.1. The second kappa shape index (κ2) is 8.09. The van der Waals surface area contributed by atoms with E-state index in [1.54, 1.807) is 12.1 Å². The molecule has 4 heteroatoms. The summed E-state index contributed by atoms with van der Waals surface area (Å²) >= 11 is 0. The number of hydrogen-bond donors (Lipinski definition) is 1. The molecule has 122 valence electrons. The molecule has 2 aromatic rings. The highest BCUT2D eigenvalue weighted by Gasteiger charge is 2.16. The molecule has 0 atom stereocenters. The van der Waals surface area contributed by atoms with Gasteiger partial charge in [0.15, 0.2) is 0 Å². The molecule has 0 aliphatic carbocycles. The zero-order valence-corrected chi connectivity index (χ0v) is 13.4. The standard InChI is InChI=1S/C19H24FN3/c20-18-6-8-19(9-7-18)21-10-11-22-12-14-23(15-13-22)16-17-4-2-1-3-5-17/h1-9,21H,10-16H2. The number of nitrogens with zero attached hydrogens (tertiary/aromatic N) is 2. The topological polar surface area (TPSA) is 18.5 Å². The molecule has 23 heavy (non-hydrogen) atoms. The van der Waals surface area contributed by atoms with Crippen LogP contribution in [0.5, 0.6) is 0 Å². The third kappa shape index (κ3) is 5.05. The van der Waals surface area contributed by atoms with Crippen molar-refractivity contribution < 1.29 is 4.39 Å². The first kappa shape index (κ1) is 16.0. The molecule has 1 aliphatic rings. The molecule has 0 saturated carbocycles. The van der Waals surface area contributed by atoms with Crippen molar-refractivity contribution in [1.82, 2.24) is 9.80 Å². The molecule has 0 amide bonds. The number of anilines is 1. The smallest absolute Gasteiger partial charge is 0.123 e. The normalized spacial score (nSPS) is 16.4. The highest BCUT2D eigenvalue weighted by molar-refractivity contribution is 5.42. The van der Waals surface area contributed by atoms with Crippen molar-refractivity contribution in [2.24, 2.45) is 0 Å². The molecule has 0 unspecified atom stereocenters. The van der Waals surface area contributed by atoms with E-state index in [-0.39, 0.29) is 5.82 Å². The second-order valence-corrected chi connectivity index (χ2v) is 6.04. The van der Waals surface area contributed by atoms with E-state index in [2.05, 4.69) is 45.4 Å². The Hall–Kier alpha value is -1.91. The van der Waals surface area contributed by atoms with Gasteiger partial charge in [0.2, 0.25) is 0 Å². The van der Waals surface area contributed by atoms with Crippen LogP contribution in [0.25, 0.3) is 0 Å². The Kier molecular flexibility index (Phi) is 5.61. The van der Waals surface area contributed by atoms with Gasteiger partial charge in [0.25, 0.3) is 0 Å². The van der Waals surface area contributed by atoms with Crippen molar-refractivity contribution >= 4 is 5.69 Å². The first-order valence-electron chi connectivity index (χ1n) is 8.28. The molecule has 2 aromatic carbocycles. The summed E-state index contributed by atoms with van der Waals surface area (Å²) in [5.74, 6) is -0.190. The van der Waals surface area contributed by atoms with E-state index < -0.39 is 0 Å². The number of piperazine rings is 1. The molecule has 0 bridgehead atoms. The van der Waals surface area contributed by atoms with Crippen LogP contribution in [0.4, 0.5) is 10.1 Å². The lowest BCUT2D eigenvalue weighted by molar-refractivity contribution is 0.130. The molecule has 1 N–H and O–H groups in total. The lowest BCUT2D eigenvalue weighted by Crippen LogP contribution is -2.47. The molecular weight excluding hydrogens is 289 g/mol. The average Bonchev–Trinajstić information content (AvgIpc) is 2.59. The number of hydrogen-bond acceptors (Lipinski definition) is 3. The van der Waals surface area contributed by atoms with Gasteiger partial charge in [-0.25, -0.2) is 4.39 Å². The maximum Gasteiger partial charge on any atom is 0.123 e. The summed E-state index contributed by atoms with van der Waals surface area (Å²) in [7, 11) is 0. The monoisotopic (exact) mass is 313 g/mol. The Balaban J connectivity index is 1.35. The molecule has 3 rings (SSSR count). The first-order valence-corrected chi connectivity index (χ1v) is 8.28. The molecule has 3 nitrogen and oxygen atoms in total. The van der Waals surface area contributed by atoms with Crippen LogP contribution in [0, 0.1) is 5.82 Å². The van der Waals surface area contributed by atoms with E-state index in [1.165, 1.54) is 17.7 Å². The van der Waals surface area contributed by atoms with Gasteiger partial charge in [-0.05, 0) is 29.8 Å². The number of halogens is 1. The summed E-state index contributed by atoms with van der Waals surface area (Å²) in [5.41, 5.74) is 2.37. The van der Waals surface area contributed by atoms with Gasteiger partial charge in [0.1, 0.15) is 5.82 Å². The summed E-state index contributed by atoms with van der Waals surface area (Å²) in [6, 6.07) is 17.2. The average molecular weight is 313 g/mol. The fourth-order valence-corrected chi connectivity index (χ4v) is 2.94. The maximum atomic E-state index is 12.9. The molecular formula is C19H24FN3. The minimum absolute atomic E-state index is 0.190. The fraction of sp³-hybridized carbons (Fsp3) is 0.368. The summed E-state index contributed by atoms with van der Waals surface area (Å²) in [6.07, 6.45) is 0. The third-order valence-electron chi connectivity index (χ3n) is 4.32. The lowest BCUT2D eigenvalue weighted by Gasteiger charge is -2.34. The van der Waals surface area contributed by atoms with Crippen molar-refractivity contribution in [1.29, 1.82) is 0 Å². The van der Waals surface area contributed by atoms with E-state index in [9.17, 15) is 4.39 Å². The maximum absolute atomic E-state index is 12.9. The summed E-state index contributed by atoms with van der Waals surface area (Å²) in [5, 5.41) is 3.35. The van der Waals surface area contributed by atoms with Gasteiger partial charge in [-0.2, -0.15) is 0 Å². The van der Waals surface area contributed by atoms with Crippen LogP contribution in [-0.4, -0.2) is 49.1 Å². The molecule has 0 radical (unpaired) electrons. The van der Waals surface area contributed by atoms with E-state index in [1.807, 2.05) is 0 Å². The van der Waals surface area contributed by atoms with Crippen LogP contribution in [0.1, 0.15) is 5.56 Å². The number of benzene rings is 2. The highest BCUT2D eigenvalue weighted by Crippen LogP contribution is 2.10. The van der Waals surface area contributed by atoms with Crippen molar-refractivity contribution in [3.63, 3.8) is 0 Å². The van der Waals surface area contributed by atoms with Gasteiger partial charge in [0, 0.05) is 51.5 Å². The van der Waals surface area contributed by atoms with E-state index in [0.29, 0.717) is 0 Å². The van der Waals surface area contributed by atoms with Crippen molar-refractivity contribution in [2.45, 2.75) is 6.54 Å². The fourth-order valence-electron chi connectivity index (χ4n) is 2.94. The molecule has 0 spiro atoms. The minimum atomic E-state index is -0.190. The van der Waals surface area contributed by atoms with E-state index in [4.69, 9.17) is 0 Å². The number of rotatable bonds is 6. The molecule has 1 fully saturated rings. The van der Waals surface area contributed by atoms with Crippen LogP contribution in [0.15, 0.2) is 54.6 Å². The number of nitrogens with one attached hydrogen (secondary N) is 1. The van der Waals surface area contributed by atoms with Gasteiger partial charge in [-0.3, -0.25) is 9.80 Å². The van der Waals surface area contributed by atoms with Gasteiger partial charge >= 0.3 is 0 Å². The largest absolute Gasteiger partial charge is 0.384 e. The zero-order chi connectivity index (χ0) is 15.9. The Morgan fingerprint density at radius 1 is 0.826 bits per heavy atom. The summed E-state index contributed by atoms with van der Waals surface area (Å²) in [6.45, 7) is 7.41. The Morgan fingerprint density at radius 2 is 1.48 bits per heavy atom. The Bertz CT molecular complexity index is 577. The van der Waals surface area contributed by atoms with Crippen LogP contribution in [0.3, 0.4) is 0 Å². The van der Waals surface area contributed by atoms with Gasteiger partial charge in [-0.15, -0.1) is 0 Å². The van der Waals surface area contributed by atoms with Crippen LogP contribution < -0.4 is 5.32 Å². The molecule has 1 saturated heterocycles. The van der Waals surface area contributed by atoms with Crippen molar-refractivity contribution in [3.8, 4) is 0 Å².